The lowest BCUT2D eigenvalue weighted by atomic mass is 10.1. The van der Waals surface area contributed by atoms with Crippen LogP contribution in [0.5, 0.6) is 11.5 Å². The number of rotatable bonds is 1. The molecule has 0 saturated heterocycles. The Morgan fingerprint density at radius 3 is 2.75 bits per heavy atom. The van der Waals surface area contributed by atoms with Crippen LogP contribution in [0.2, 0.25) is 0 Å². The average Bonchev–Trinajstić information content (AvgIpc) is 3.09. The first-order valence-corrected chi connectivity index (χ1v) is 6.05. The van der Waals surface area contributed by atoms with E-state index in [1.807, 2.05) is 12.1 Å². The number of hydrogen-bond acceptors (Lipinski definition) is 5. The lowest BCUT2D eigenvalue weighted by molar-refractivity contribution is 0.174. The van der Waals surface area contributed by atoms with E-state index in [0.29, 0.717) is 39.6 Å². The van der Waals surface area contributed by atoms with Crippen molar-refractivity contribution in [1.82, 2.24) is 4.98 Å². The largest absolute Gasteiger partial charge is 0.454 e. The molecule has 0 saturated carbocycles. The van der Waals surface area contributed by atoms with Crippen molar-refractivity contribution in [3.8, 4) is 29.0 Å². The predicted octanol–water partition coefficient (Wildman–Crippen LogP) is 3.10. The Hall–Kier alpha value is -3.00. The molecule has 0 radical (unpaired) electrons. The van der Waals surface area contributed by atoms with Gasteiger partial charge in [-0.25, -0.2) is 4.98 Å². The number of oxazole rings is 1. The maximum absolute atomic E-state index is 9.13. The third-order valence-corrected chi connectivity index (χ3v) is 3.16. The average molecular weight is 264 g/mol. The summed E-state index contributed by atoms with van der Waals surface area (Å²) in [5.41, 5.74) is 2.49. The fourth-order valence-electron chi connectivity index (χ4n) is 2.20. The quantitative estimate of drug-likeness (QED) is 0.675. The summed E-state index contributed by atoms with van der Waals surface area (Å²) >= 11 is 0. The molecule has 2 aromatic carbocycles. The molecular formula is C15H8N2O3. The standard InChI is InChI=1S/C15H8N2O3/c16-7-9-3-1-2-4-10(9)15-17-11-5-13-14(19-8-18-13)6-12(11)20-15/h1-6H,8H2. The minimum Gasteiger partial charge on any atom is -0.454 e. The lowest BCUT2D eigenvalue weighted by Gasteiger charge is -1.96. The van der Waals surface area contributed by atoms with Crippen LogP contribution in [0.3, 0.4) is 0 Å². The molecule has 5 heteroatoms. The van der Waals surface area contributed by atoms with Gasteiger partial charge in [0.2, 0.25) is 12.7 Å². The van der Waals surface area contributed by atoms with E-state index in [-0.39, 0.29) is 6.79 Å². The first-order valence-electron chi connectivity index (χ1n) is 6.05. The second kappa shape index (κ2) is 4.00. The van der Waals surface area contributed by atoms with Crippen LogP contribution in [0, 0.1) is 11.3 Å². The second-order valence-electron chi connectivity index (χ2n) is 4.35. The maximum atomic E-state index is 9.13. The first kappa shape index (κ1) is 10.9. The zero-order chi connectivity index (χ0) is 13.5. The smallest absolute Gasteiger partial charge is 0.231 e. The molecule has 0 amide bonds. The van der Waals surface area contributed by atoms with Gasteiger partial charge in [0.15, 0.2) is 17.1 Å². The zero-order valence-corrected chi connectivity index (χ0v) is 10.3. The molecule has 0 atom stereocenters. The van der Waals surface area contributed by atoms with Crippen LogP contribution in [0.4, 0.5) is 0 Å². The fourth-order valence-corrected chi connectivity index (χ4v) is 2.20. The molecule has 2 heterocycles. The minimum atomic E-state index is 0.214. The van der Waals surface area contributed by atoms with E-state index < -0.39 is 0 Å². The monoisotopic (exact) mass is 264 g/mol. The summed E-state index contributed by atoms with van der Waals surface area (Å²) in [6.45, 7) is 0.214. The normalized spacial score (nSPS) is 12.6. The molecule has 96 valence electrons. The van der Waals surface area contributed by atoms with Gasteiger partial charge in [-0.15, -0.1) is 0 Å². The molecule has 0 spiro atoms. The Bertz CT molecular complexity index is 820. The van der Waals surface area contributed by atoms with Crippen LogP contribution in [0.1, 0.15) is 5.56 Å². The van der Waals surface area contributed by atoms with E-state index in [0.717, 1.165) is 0 Å². The molecule has 4 rings (SSSR count). The van der Waals surface area contributed by atoms with Crippen molar-refractivity contribution in [2.75, 3.05) is 6.79 Å². The van der Waals surface area contributed by atoms with E-state index in [1.54, 1.807) is 24.3 Å². The Morgan fingerprint density at radius 1 is 1.10 bits per heavy atom. The van der Waals surface area contributed by atoms with Crippen molar-refractivity contribution in [2.45, 2.75) is 0 Å². The molecule has 0 unspecified atom stereocenters. The number of hydrogen-bond donors (Lipinski definition) is 0. The minimum absolute atomic E-state index is 0.214. The van der Waals surface area contributed by atoms with Crippen molar-refractivity contribution >= 4 is 11.1 Å². The SMILES string of the molecule is N#Cc1ccccc1-c1nc2cc3c(cc2o1)OCO3. The molecule has 1 aliphatic rings. The highest BCUT2D eigenvalue weighted by atomic mass is 16.7. The zero-order valence-electron chi connectivity index (χ0n) is 10.3. The van der Waals surface area contributed by atoms with Gasteiger partial charge in [0.1, 0.15) is 5.52 Å². The number of nitrogens with zero attached hydrogens (tertiary/aromatic N) is 2. The van der Waals surface area contributed by atoms with Crippen LogP contribution in [-0.2, 0) is 0 Å². The molecule has 1 aromatic heterocycles. The van der Waals surface area contributed by atoms with Gasteiger partial charge in [0.05, 0.1) is 17.2 Å². The Kier molecular flexibility index (Phi) is 2.18. The van der Waals surface area contributed by atoms with Crippen molar-refractivity contribution < 1.29 is 13.9 Å². The van der Waals surface area contributed by atoms with Crippen molar-refractivity contribution in [2.24, 2.45) is 0 Å². The number of ether oxygens (including phenoxy) is 2. The number of fused-ring (bicyclic) bond motifs is 2. The predicted molar refractivity (Wildman–Crippen MR) is 70.3 cm³/mol. The van der Waals surface area contributed by atoms with Crippen molar-refractivity contribution in [1.29, 1.82) is 5.26 Å². The lowest BCUT2D eigenvalue weighted by Crippen LogP contribution is -1.92. The first-order chi connectivity index (χ1) is 9.85. The Balaban J connectivity index is 1.92. The molecule has 0 aliphatic carbocycles. The van der Waals surface area contributed by atoms with Gasteiger partial charge in [-0.05, 0) is 12.1 Å². The van der Waals surface area contributed by atoms with Gasteiger partial charge in [-0.3, -0.25) is 0 Å². The topological polar surface area (TPSA) is 68.3 Å². The highest BCUT2D eigenvalue weighted by molar-refractivity contribution is 5.81. The molecule has 0 bridgehead atoms. The van der Waals surface area contributed by atoms with E-state index in [9.17, 15) is 0 Å². The number of benzene rings is 2. The van der Waals surface area contributed by atoms with Gasteiger partial charge >= 0.3 is 0 Å². The second-order valence-corrected chi connectivity index (χ2v) is 4.35. The summed E-state index contributed by atoms with van der Waals surface area (Å²) in [6, 6.07) is 12.9. The van der Waals surface area contributed by atoms with Gasteiger partial charge in [-0.2, -0.15) is 5.26 Å². The van der Waals surface area contributed by atoms with Gasteiger partial charge in [0, 0.05) is 12.1 Å². The number of aromatic nitrogens is 1. The van der Waals surface area contributed by atoms with E-state index >= 15 is 0 Å². The van der Waals surface area contributed by atoms with E-state index in [2.05, 4.69) is 11.1 Å². The highest BCUT2D eigenvalue weighted by Crippen LogP contribution is 2.37. The molecule has 5 nitrogen and oxygen atoms in total. The van der Waals surface area contributed by atoms with Crippen LogP contribution in [0.15, 0.2) is 40.8 Å². The highest BCUT2D eigenvalue weighted by Gasteiger charge is 2.18. The van der Waals surface area contributed by atoms with Gasteiger partial charge < -0.3 is 13.9 Å². The van der Waals surface area contributed by atoms with Crippen molar-refractivity contribution in [3.05, 3.63) is 42.0 Å². The molecular weight excluding hydrogens is 256 g/mol. The third kappa shape index (κ3) is 1.52. The molecule has 1 aliphatic heterocycles. The van der Waals surface area contributed by atoms with E-state index in [4.69, 9.17) is 19.2 Å². The summed E-state index contributed by atoms with van der Waals surface area (Å²) in [6.07, 6.45) is 0. The fraction of sp³-hybridized carbons (Fsp3) is 0.0667. The summed E-state index contributed by atoms with van der Waals surface area (Å²) in [5, 5.41) is 9.13. The summed E-state index contributed by atoms with van der Waals surface area (Å²) < 4.78 is 16.3. The Labute approximate surface area is 114 Å². The summed E-state index contributed by atoms with van der Waals surface area (Å²) in [5.74, 6) is 1.72. The molecule has 20 heavy (non-hydrogen) atoms. The summed E-state index contributed by atoms with van der Waals surface area (Å²) in [4.78, 5) is 4.42. The van der Waals surface area contributed by atoms with Gasteiger partial charge in [0.25, 0.3) is 0 Å². The van der Waals surface area contributed by atoms with Gasteiger partial charge in [-0.1, -0.05) is 12.1 Å². The number of nitriles is 1. The molecule has 3 aromatic rings. The molecule has 0 fully saturated rings. The van der Waals surface area contributed by atoms with Crippen LogP contribution in [-0.4, -0.2) is 11.8 Å². The van der Waals surface area contributed by atoms with Crippen molar-refractivity contribution in [3.63, 3.8) is 0 Å². The Morgan fingerprint density at radius 2 is 1.90 bits per heavy atom. The summed E-state index contributed by atoms with van der Waals surface area (Å²) in [7, 11) is 0. The van der Waals surface area contributed by atoms with E-state index in [1.165, 1.54) is 0 Å². The maximum Gasteiger partial charge on any atom is 0.231 e. The van der Waals surface area contributed by atoms with Crippen LogP contribution < -0.4 is 9.47 Å². The molecule has 0 N–H and O–H groups in total. The van der Waals surface area contributed by atoms with Crippen LogP contribution >= 0.6 is 0 Å². The van der Waals surface area contributed by atoms with Crippen LogP contribution in [0.25, 0.3) is 22.6 Å². The third-order valence-electron chi connectivity index (χ3n) is 3.16.